The predicted molar refractivity (Wildman–Crippen MR) is 130 cm³/mol. The molecule has 0 aliphatic carbocycles. The normalized spacial score (nSPS) is 20.5. The van der Waals surface area contributed by atoms with Crippen LogP contribution in [0.1, 0.15) is 50.3 Å². The van der Waals surface area contributed by atoms with E-state index in [2.05, 4.69) is 39.8 Å². The van der Waals surface area contributed by atoms with Crippen LogP contribution >= 0.6 is 0 Å². The topological polar surface area (TPSA) is 84.9 Å². The van der Waals surface area contributed by atoms with Crippen LogP contribution in [0.4, 0.5) is 10.5 Å². The number of hydrogen-bond acceptors (Lipinski definition) is 4. The molecule has 2 atom stereocenters. The lowest BCUT2D eigenvalue weighted by Crippen LogP contribution is -2.45. The number of rotatable bonds is 7. The summed E-state index contributed by atoms with van der Waals surface area (Å²) < 4.78 is 0. The molecule has 0 unspecified atom stereocenters. The summed E-state index contributed by atoms with van der Waals surface area (Å²) in [7, 11) is 0. The first-order valence-electron chi connectivity index (χ1n) is 11.9. The number of anilines is 1. The van der Waals surface area contributed by atoms with Crippen molar-refractivity contribution in [1.29, 1.82) is 0 Å². The minimum absolute atomic E-state index is 0.0353. The van der Waals surface area contributed by atoms with Gasteiger partial charge in [-0.25, -0.2) is 4.79 Å². The maximum atomic E-state index is 12.3. The lowest BCUT2D eigenvalue weighted by atomic mass is 9.89. The van der Waals surface area contributed by atoms with E-state index in [4.69, 9.17) is 0 Å². The Morgan fingerprint density at radius 3 is 2.42 bits per heavy atom. The quantitative estimate of drug-likeness (QED) is 0.556. The second-order valence-corrected chi connectivity index (χ2v) is 9.17. The first kappa shape index (κ1) is 23.3. The molecule has 2 aliphatic heterocycles. The molecule has 2 amide bonds. The summed E-state index contributed by atoms with van der Waals surface area (Å²) in [6.45, 7) is 8.90. The van der Waals surface area contributed by atoms with Crippen molar-refractivity contribution in [3.8, 4) is 11.1 Å². The molecule has 0 radical (unpaired) electrons. The van der Waals surface area contributed by atoms with Crippen LogP contribution in [0.3, 0.4) is 0 Å². The number of hydrogen-bond donors (Lipinski definition) is 3. The molecule has 1 saturated heterocycles. The van der Waals surface area contributed by atoms with Crippen LogP contribution in [0.25, 0.3) is 11.1 Å². The molecular formula is C26H34N4O3. The van der Waals surface area contributed by atoms with Crippen LogP contribution in [0.15, 0.2) is 42.5 Å². The summed E-state index contributed by atoms with van der Waals surface area (Å²) >= 11 is 0. The number of carboxylic acid groups (broad SMARTS) is 1. The highest BCUT2D eigenvalue weighted by Gasteiger charge is 2.33. The zero-order valence-electron chi connectivity index (χ0n) is 19.5. The molecule has 0 bridgehead atoms. The largest absolute Gasteiger partial charge is 0.465 e. The minimum atomic E-state index is -1.05. The number of benzene rings is 2. The average molecular weight is 451 g/mol. The van der Waals surface area contributed by atoms with Gasteiger partial charge in [0.15, 0.2) is 0 Å². The van der Waals surface area contributed by atoms with Crippen LogP contribution in [0.2, 0.25) is 0 Å². The molecule has 0 spiro atoms. The fourth-order valence-electron chi connectivity index (χ4n) is 5.10. The van der Waals surface area contributed by atoms with E-state index < -0.39 is 6.09 Å². The Bertz CT molecular complexity index is 986. The van der Waals surface area contributed by atoms with Gasteiger partial charge >= 0.3 is 6.09 Å². The second-order valence-electron chi connectivity index (χ2n) is 9.17. The number of carbonyl (C=O) groups is 2. The van der Waals surface area contributed by atoms with Gasteiger partial charge in [-0.15, -0.1) is 0 Å². The molecule has 176 valence electrons. The van der Waals surface area contributed by atoms with Crippen molar-refractivity contribution in [2.45, 2.75) is 51.7 Å². The van der Waals surface area contributed by atoms with Crippen molar-refractivity contribution in [3.05, 3.63) is 53.6 Å². The Morgan fingerprint density at radius 2 is 1.76 bits per heavy atom. The molecule has 0 aromatic heterocycles. The van der Waals surface area contributed by atoms with Crippen LogP contribution in [0, 0.1) is 0 Å². The van der Waals surface area contributed by atoms with Gasteiger partial charge in [0, 0.05) is 38.3 Å². The Kier molecular flexibility index (Phi) is 7.30. The molecule has 0 saturated carbocycles. The molecule has 4 rings (SSSR count). The van der Waals surface area contributed by atoms with E-state index in [-0.39, 0.29) is 18.0 Å². The molecular weight excluding hydrogens is 416 g/mol. The summed E-state index contributed by atoms with van der Waals surface area (Å²) in [6.07, 6.45) is 2.14. The standard InChI is InChI=1S/C26H34N4O3/c1-18-15-24(28-26(32)33)23-16-22(9-10-25(23)30(18)19(2)31)21-7-5-20(6-8-21)17-27-11-14-29-12-3-4-13-29/h5-10,16,18,24,27-28H,3-4,11-15,17H2,1-2H3,(H,32,33)/t18-,24+/m0/s1. The van der Waals surface area contributed by atoms with Gasteiger partial charge in [-0.2, -0.15) is 0 Å². The van der Waals surface area contributed by atoms with E-state index in [1.807, 2.05) is 25.1 Å². The summed E-state index contributed by atoms with van der Waals surface area (Å²) in [6, 6.07) is 14.0. The highest BCUT2D eigenvalue weighted by Crippen LogP contribution is 2.39. The highest BCUT2D eigenvalue weighted by molar-refractivity contribution is 5.94. The molecule has 7 heteroatoms. The van der Waals surface area contributed by atoms with Crippen molar-refractivity contribution < 1.29 is 14.7 Å². The predicted octanol–water partition coefficient (Wildman–Crippen LogP) is 3.99. The summed E-state index contributed by atoms with van der Waals surface area (Å²) in [4.78, 5) is 27.9. The van der Waals surface area contributed by atoms with Crippen molar-refractivity contribution in [3.63, 3.8) is 0 Å². The van der Waals surface area contributed by atoms with Gasteiger partial charge in [-0.3, -0.25) is 4.79 Å². The Labute approximate surface area is 195 Å². The Morgan fingerprint density at radius 1 is 1.06 bits per heavy atom. The number of carbonyl (C=O) groups excluding carboxylic acids is 1. The molecule has 7 nitrogen and oxygen atoms in total. The van der Waals surface area contributed by atoms with Crippen LogP contribution in [0.5, 0.6) is 0 Å². The maximum absolute atomic E-state index is 12.3. The molecule has 1 fully saturated rings. The Hall–Kier alpha value is -2.90. The Balaban J connectivity index is 1.47. The fourth-order valence-corrected chi connectivity index (χ4v) is 5.10. The first-order valence-corrected chi connectivity index (χ1v) is 11.9. The lowest BCUT2D eigenvalue weighted by molar-refractivity contribution is -0.117. The molecule has 2 aliphatic rings. The van der Waals surface area contributed by atoms with Gasteiger partial charge in [0.05, 0.1) is 6.04 Å². The van der Waals surface area contributed by atoms with Gasteiger partial charge in [0.25, 0.3) is 0 Å². The molecule has 2 aromatic carbocycles. The summed E-state index contributed by atoms with van der Waals surface area (Å²) in [5, 5.41) is 15.5. The van der Waals surface area contributed by atoms with Crippen molar-refractivity contribution in [2.75, 3.05) is 31.1 Å². The van der Waals surface area contributed by atoms with Gasteiger partial charge in [-0.1, -0.05) is 30.3 Å². The molecule has 33 heavy (non-hydrogen) atoms. The third kappa shape index (κ3) is 5.54. The zero-order chi connectivity index (χ0) is 23.4. The van der Waals surface area contributed by atoms with Gasteiger partial charge in [-0.05, 0) is 73.7 Å². The van der Waals surface area contributed by atoms with E-state index in [9.17, 15) is 14.7 Å². The smallest absolute Gasteiger partial charge is 0.405 e. The summed E-state index contributed by atoms with van der Waals surface area (Å²) in [5.41, 5.74) is 4.94. The number of amides is 2. The summed E-state index contributed by atoms with van der Waals surface area (Å²) in [5.74, 6) is -0.0353. The number of nitrogens with one attached hydrogen (secondary N) is 2. The van der Waals surface area contributed by atoms with E-state index in [1.165, 1.54) is 31.5 Å². The number of likely N-dealkylation sites (tertiary alicyclic amines) is 1. The van der Waals surface area contributed by atoms with E-state index in [0.29, 0.717) is 6.42 Å². The fraction of sp³-hybridized carbons (Fsp3) is 0.462. The number of fused-ring (bicyclic) bond motifs is 1. The van der Waals surface area contributed by atoms with Crippen LogP contribution in [-0.2, 0) is 11.3 Å². The van der Waals surface area contributed by atoms with Crippen LogP contribution < -0.4 is 15.5 Å². The average Bonchev–Trinajstić information content (AvgIpc) is 3.30. The van der Waals surface area contributed by atoms with Gasteiger partial charge in [0.2, 0.25) is 5.91 Å². The third-order valence-corrected chi connectivity index (χ3v) is 6.74. The monoisotopic (exact) mass is 450 g/mol. The van der Waals surface area contributed by atoms with Gasteiger partial charge in [0.1, 0.15) is 0 Å². The van der Waals surface area contributed by atoms with E-state index in [0.717, 1.165) is 42.0 Å². The second kappa shape index (κ2) is 10.4. The van der Waals surface area contributed by atoms with Crippen molar-refractivity contribution >= 4 is 17.7 Å². The maximum Gasteiger partial charge on any atom is 0.405 e. The molecule has 2 heterocycles. The minimum Gasteiger partial charge on any atom is -0.465 e. The zero-order valence-corrected chi connectivity index (χ0v) is 19.5. The molecule has 3 N–H and O–H groups in total. The van der Waals surface area contributed by atoms with E-state index >= 15 is 0 Å². The highest BCUT2D eigenvalue weighted by atomic mass is 16.4. The van der Waals surface area contributed by atoms with Crippen molar-refractivity contribution in [1.82, 2.24) is 15.5 Å². The first-order chi connectivity index (χ1) is 15.9. The van der Waals surface area contributed by atoms with Crippen LogP contribution in [-0.4, -0.2) is 54.2 Å². The van der Waals surface area contributed by atoms with Gasteiger partial charge < -0.3 is 25.5 Å². The van der Waals surface area contributed by atoms with E-state index in [1.54, 1.807) is 11.8 Å². The van der Waals surface area contributed by atoms with Crippen molar-refractivity contribution in [2.24, 2.45) is 0 Å². The molecule has 2 aromatic rings. The third-order valence-electron chi connectivity index (χ3n) is 6.74. The SMILES string of the molecule is CC(=O)N1c2ccc(-c3ccc(CNCCN4CCCC4)cc3)cc2[C@H](NC(=O)O)C[C@@H]1C. The lowest BCUT2D eigenvalue weighted by Gasteiger charge is -2.39. The number of nitrogens with zero attached hydrogens (tertiary/aromatic N) is 2.